The van der Waals surface area contributed by atoms with E-state index < -0.39 is 10.0 Å². The lowest BCUT2D eigenvalue weighted by atomic mass is 10.3. The summed E-state index contributed by atoms with van der Waals surface area (Å²) in [5.74, 6) is 0.198. The van der Waals surface area contributed by atoms with Gasteiger partial charge in [-0.15, -0.1) is 11.3 Å². The number of hydrogen-bond acceptors (Lipinski definition) is 10. The molecular weight excluding hydrogens is 532 g/mol. The third-order valence-electron chi connectivity index (χ3n) is 4.16. The topological polar surface area (TPSA) is 128 Å². The normalized spacial score (nSPS) is 10.7. The highest BCUT2D eigenvalue weighted by Crippen LogP contribution is 2.27. The molecule has 10 nitrogen and oxygen atoms in total. The lowest BCUT2D eigenvalue weighted by Crippen LogP contribution is -3.00. The van der Waals surface area contributed by atoms with Crippen LogP contribution in [0.5, 0.6) is 11.9 Å². The van der Waals surface area contributed by atoms with Crippen molar-refractivity contribution in [2.24, 2.45) is 0 Å². The molecule has 3 aromatic heterocycles. The number of aromatic nitrogens is 4. The largest absolute Gasteiger partial charge is 1.00 e. The molecule has 4 rings (SSSR count). The van der Waals surface area contributed by atoms with E-state index >= 15 is 0 Å². The molecule has 0 aliphatic carbocycles. The number of anilines is 3. The van der Waals surface area contributed by atoms with Crippen LogP contribution >= 0.6 is 11.3 Å². The van der Waals surface area contributed by atoms with Gasteiger partial charge in [-0.1, -0.05) is 6.07 Å². The number of sulfonamides is 1. The highest BCUT2D eigenvalue weighted by Gasteiger charge is 2.17. The summed E-state index contributed by atoms with van der Waals surface area (Å²) in [5.41, 5.74) is 2.23. The average Bonchev–Trinajstić information content (AvgIpc) is 3.28. The minimum atomic E-state index is -3.89. The van der Waals surface area contributed by atoms with Crippen LogP contribution < -0.4 is 36.5 Å². The Balaban J connectivity index is 0.00000306. The van der Waals surface area contributed by atoms with Crippen LogP contribution in [0.3, 0.4) is 0 Å². The van der Waals surface area contributed by atoms with E-state index in [1.54, 1.807) is 18.3 Å². The zero-order chi connectivity index (χ0) is 22.6. The molecule has 172 valence electrons. The SMILES string of the molecule is COc1cc(NS(=O)(=O)c2ccc(Nc3nc(-c4ccccn4)cs3)cc2)nc(OC)n1.[Br-]. The van der Waals surface area contributed by atoms with E-state index in [4.69, 9.17) is 9.47 Å². The molecule has 1 aromatic carbocycles. The lowest BCUT2D eigenvalue weighted by molar-refractivity contribution is -0.00000999. The van der Waals surface area contributed by atoms with E-state index in [9.17, 15) is 8.42 Å². The number of nitrogens with zero attached hydrogens (tertiary/aromatic N) is 4. The summed E-state index contributed by atoms with van der Waals surface area (Å²) in [7, 11) is -1.10. The first kappa shape index (κ1) is 24.4. The highest BCUT2D eigenvalue weighted by atomic mass is 79.9. The Morgan fingerprint density at radius 2 is 1.73 bits per heavy atom. The first-order valence-corrected chi connectivity index (χ1v) is 11.6. The number of ether oxygens (including phenoxy) is 2. The monoisotopic (exact) mass is 549 g/mol. The number of nitrogens with one attached hydrogen (secondary N) is 2. The van der Waals surface area contributed by atoms with E-state index in [0.29, 0.717) is 10.8 Å². The van der Waals surface area contributed by atoms with Gasteiger partial charge in [-0.05, 0) is 36.4 Å². The summed E-state index contributed by atoms with van der Waals surface area (Å²) in [6.07, 6.45) is 1.71. The first-order chi connectivity index (χ1) is 15.5. The zero-order valence-electron chi connectivity index (χ0n) is 17.4. The van der Waals surface area contributed by atoms with Crippen molar-refractivity contribution in [1.82, 2.24) is 19.9 Å². The van der Waals surface area contributed by atoms with E-state index in [-0.39, 0.29) is 39.6 Å². The van der Waals surface area contributed by atoms with Crippen molar-refractivity contribution in [2.45, 2.75) is 4.90 Å². The number of thiazole rings is 1. The number of pyridine rings is 1. The molecule has 33 heavy (non-hydrogen) atoms. The van der Waals surface area contributed by atoms with Gasteiger partial charge in [-0.2, -0.15) is 9.97 Å². The Morgan fingerprint density at radius 3 is 2.39 bits per heavy atom. The van der Waals surface area contributed by atoms with Crippen LogP contribution in [0.15, 0.2) is 65.0 Å². The molecule has 0 bridgehead atoms. The third-order valence-corrected chi connectivity index (χ3v) is 6.29. The Bertz CT molecular complexity index is 1300. The molecule has 4 aromatic rings. The van der Waals surface area contributed by atoms with Crippen LogP contribution in [0.4, 0.5) is 16.6 Å². The van der Waals surface area contributed by atoms with Crippen LogP contribution in [0.2, 0.25) is 0 Å². The van der Waals surface area contributed by atoms with Crippen molar-refractivity contribution >= 4 is 38.0 Å². The predicted molar refractivity (Wildman–Crippen MR) is 121 cm³/mol. The van der Waals surface area contributed by atoms with Gasteiger partial charge in [-0.25, -0.2) is 13.4 Å². The molecule has 0 amide bonds. The molecular formula is C20H18BrN6O4S2-. The van der Waals surface area contributed by atoms with Crippen LogP contribution in [0, 0.1) is 0 Å². The van der Waals surface area contributed by atoms with Crippen LogP contribution in [-0.4, -0.2) is 42.6 Å². The minimum absolute atomic E-state index is 0. The number of halogens is 1. The van der Waals surface area contributed by atoms with Gasteiger partial charge in [0.2, 0.25) is 5.88 Å². The molecule has 0 saturated heterocycles. The van der Waals surface area contributed by atoms with Gasteiger partial charge >= 0.3 is 6.01 Å². The third kappa shape index (κ3) is 5.94. The maximum Gasteiger partial charge on any atom is 0.321 e. The van der Waals surface area contributed by atoms with E-state index in [2.05, 4.69) is 30.0 Å². The summed E-state index contributed by atoms with van der Waals surface area (Å²) in [5, 5.41) is 5.73. The Morgan fingerprint density at radius 1 is 0.939 bits per heavy atom. The second-order valence-corrected chi connectivity index (χ2v) is 8.83. The minimum Gasteiger partial charge on any atom is -1.00 e. The van der Waals surface area contributed by atoms with Crippen LogP contribution in [0.25, 0.3) is 11.4 Å². The molecule has 0 unspecified atom stereocenters. The van der Waals surface area contributed by atoms with Gasteiger partial charge in [0, 0.05) is 23.3 Å². The fourth-order valence-corrected chi connectivity index (χ4v) is 4.37. The van der Waals surface area contributed by atoms with Gasteiger partial charge < -0.3 is 31.8 Å². The molecule has 0 aliphatic rings. The Kier molecular flexibility index (Phi) is 7.79. The van der Waals surface area contributed by atoms with Crippen molar-refractivity contribution in [3.05, 3.63) is 60.1 Å². The number of methoxy groups -OCH3 is 2. The van der Waals surface area contributed by atoms with Crippen molar-refractivity contribution in [1.29, 1.82) is 0 Å². The summed E-state index contributed by atoms with van der Waals surface area (Å²) in [4.78, 5) is 16.8. The summed E-state index contributed by atoms with van der Waals surface area (Å²) < 4.78 is 37.9. The van der Waals surface area contributed by atoms with Crippen molar-refractivity contribution in [3.63, 3.8) is 0 Å². The number of benzene rings is 1. The Labute approximate surface area is 204 Å². The second-order valence-electron chi connectivity index (χ2n) is 6.29. The van der Waals surface area contributed by atoms with Crippen molar-refractivity contribution < 1.29 is 34.9 Å². The molecule has 3 heterocycles. The standard InChI is InChI=1S/C20H18N6O4S2.BrH/c1-29-18-11-17(24-19(25-18)30-2)26-32(27,28)14-8-6-13(7-9-14)22-20-23-16(12-31-20)15-5-3-4-10-21-15;/h3-12H,1-2H3,(H,22,23)(H,24,25,26);1H/p-1. The average molecular weight is 550 g/mol. The summed E-state index contributed by atoms with van der Waals surface area (Å²) in [6.45, 7) is 0. The van der Waals surface area contributed by atoms with Gasteiger partial charge in [0.05, 0.1) is 24.8 Å². The zero-order valence-corrected chi connectivity index (χ0v) is 20.6. The van der Waals surface area contributed by atoms with Crippen molar-refractivity contribution in [3.8, 4) is 23.3 Å². The molecule has 13 heteroatoms. The Hall–Kier alpha value is -3.29. The second kappa shape index (κ2) is 10.6. The number of rotatable bonds is 8. The summed E-state index contributed by atoms with van der Waals surface area (Å²) >= 11 is 1.43. The fraction of sp³-hybridized carbons (Fsp3) is 0.100. The first-order valence-electron chi connectivity index (χ1n) is 9.21. The van der Waals surface area contributed by atoms with Crippen molar-refractivity contribution in [2.75, 3.05) is 24.3 Å². The molecule has 2 N–H and O–H groups in total. The van der Waals surface area contributed by atoms with Gasteiger partial charge in [0.1, 0.15) is 5.69 Å². The maximum atomic E-state index is 12.7. The smallest absolute Gasteiger partial charge is 0.321 e. The van der Waals surface area contributed by atoms with Crippen LogP contribution in [-0.2, 0) is 10.0 Å². The predicted octanol–water partition coefficient (Wildman–Crippen LogP) is 0.561. The van der Waals surface area contributed by atoms with Crippen LogP contribution in [0.1, 0.15) is 0 Å². The molecule has 0 fully saturated rings. The molecule has 0 radical (unpaired) electrons. The maximum absolute atomic E-state index is 12.7. The summed E-state index contributed by atoms with van der Waals surface area (Å²) in [6, 6.07) is 13.2. The molecule has 0 atom stereocenters. The highest BCUT2D eigenvalue weighted by molar-refractivity contribution is 7.92. The molecule has 0 aliphatic heterocycles. The van der Waals surface area contributed by atoms with E-state index in [1.807, 2.05) is 23.6 Å². The fourth-order valence-electron chi connectivity index (χ4n) is 2.65. The number of hydrogen-bond donors (Lipinski definition) is 2. The molecule has 0 saturated carbocycles. The van der Waals surface area contributed by atoms with Gasteiger partial charge in [0.15, 0.2) is 10.9 Å². The molecule has 0 spiro atoms. The quantitative estimate of drug-likeness (QED) is 0.324. The van der Waals surface area contributed by atoms with Gasteiger partial charge in [-0.3, -0.25) is 9.71 Å². The van der Waals surface area contributed by atoms with E-state index in [1.165, 1.54) is 43.8 Å². The van der Waals surface area contributed by atoms with Gasteiger partial charge in [0.25, 0.3) is 10.0 Å². The van der Waals surface area contributed by atoms with E-state index in [0.717, 1.165) is 11.4 Å². The lowest BCUT2D eigenvalue weighted by Gasteiger charge is -2.10.